The quantitative estimate of drug-likeness (QED) is 0.499. The maximum absolute atomic E-state index is 12.8. The summed E-state index contributed by atoms with van der Waals surface area (Å²) in [5.74, 6) is 1.74. The van der Waals surface area contributed by atoms with E-state index in [-0.39, 0.29) is 29.3 Å². The molecule has 0 spiro atoms. The number of imide groups is 1. The third-order valence-electron chi connectivity index (χ3n) is 5.49. The summed E-state index contributed by atoms with van der Waals surface area (Å²) in [5.41, 5.74) is 1.73. The highest BCUT2D eigenvalue weighted by Gasteiger charge is 2.76. The van der Waals surface area contributed by atoms with Gasteiger partial charge >= 0.3 is 11.9 Å². The van der Waals surface area contributed by atoms with E-state index in [4.69, 9.17) is 14.2 Å². The van der Waals surface area contributed by atoms with Gasteiger partial charge in [-0.25, -0.2) is 9.59 Å². The predicted octanol–water partition coefficient (Wildman–Crippen LogP) is 2.50. The Morgan fingerprint density at radius 3 is 2.59 bits per heavy atom. The Balaban J connectivity index is 1.61. The van der Waals surface area contributed by atoms with Gasteiger partial charge in [0.25, 0.3) is 0 Å². The van der Waals surface area contributed by atoms with E-state index < -0.39 is 6.04 Å². The minimum absolute atomic E-state index is 0.103. The first-order valence-electron chi connectivity index (χ1n) is 8.98. The number of ether oxygens (including phenoxy) is 3. The van der Waals surface area contributed by atoms with Crippen LogP contribution in [0.25, 0.3) is 0 Å². The molecule has 6 rings (SSSR count). The summed E-state index contributed by atoms with van der Waals surface area (Å²) in [6, 6.07) is 12.1. The summed E-state index contributed by atoms with van der Waals surface area (Å²) in [6.45, 7) is 2.83. The third kappa shape index (κ3) is 2.12. The molecule has 1 N–H and O–H groups in total. The van der Waals surface area contributed by atoms with Crippen molar-refractivity contribution in [3.8, 4) is 17.2 Å². The first-order valence-corrected chi connectivity index (χ1v) is 8.98. The van der Waals surface area contributed by atoms with Crippen molar-refractivity contribution in [2.75, 3.05) is 13.4 Å². The molecule has 4 aliphatic heterocycles. The zero-order valence-corrected chi connectivity index (χ0v) is 14.8. The Kier molecular flexibility index (Phi) is 3.42. The van der Waals surface area contributed by atoms with E-state index >= 15 is 0 Å². The van der Waals surface area contributed by atoms with Crippen LogP contribution in [0.15, 0.2) is 42.5 Å². The van der Waals surface area contributed by atoms with Gasteiger partial charge < -0.3 is 14.2 Å². The summed E-state index contributed by atoms with van der Waals surface area (Å²) in [6.07, 6.45) is 0. The van der Waals surface area contributed by atoms with Crippen LogP contribution in [-0.2, 0) is 11.3 Å². The van der Waals surface area contributed by atoms with Crippen molar-refractivity contribution in [1.82, 2.24) is 5.32 Å². The van der Waals surface area contributed by atoms with Gasteiger partial charge in [-0.2, -0.15) is 4.48 Å². The van der Waals surface area contributed by atoms with Crippen molar-refractivity contribution in [2.24, 2.45) is 0 Å². The zero-order valence-electron chi connectivity index (χ0n) is 14.8. The number of hydrogen-bond acceptors (Lipinski definition) is 5. The van der Waals surface area contributed by atoms with E-state index in [9.17, 15) is 9.59 Å². The van der Waals surface area contributed by atoms with Crippen LogP contribution in [0.1, 0.15) is 24.1 Å². The molecule has 3 amide bonds. The van der Waals surface area contributed by atoms with E-state index in [2.05, 4.69) is 5.32 Å². The monoisotopic (exact) mass is 367 g/mol. The Hall–Kier alpha value is -3.06. The average molecular weight is 367 g/mol. The molecular weight excluding hydrogens is 348 g/mol. The summed E-state index contributed by atoms with van der Waals surface area (Å²) in [5, 5.41) is 2.84. The van der Waals surface area contributed by atoms with Gasteiger partial charge in [0.2, 0.25) is 12.8 Å². The molecule has 0 saturated carbocycles. The third-order valence-corrected chi connectivity index (χ3v) is 5.49. The molecule has 2 aromatic rings. The molecule has 0 radical (unpaired) electrons. The average Bonchev–Trinajstić information content (AvgIpc) is 3.31. The fourth-order valence-electron chi connectivity index (χ4n) is 4.30. The van der Waals surface area contributed by atoms with Crippen molar-refractivity contribution in [3.63, 3.8) is 0 Å². The number of hydrogen-bond donors (Lipinski definition) is 1. The first-order chi connectivity index (χ1) is 13.1. The molecule has 0 aliphatic carbocycles. The lowest BCUT2D eigenvalue weighted by Gasteiger charge is -2.42. The van der Waals surface area contributed by atoms with Crippen LogP contribution in [0.3, 0.4) is 0 Å². The molecule has 3 unspecified atom stereocenters. The molecule has 27 heavy (non-hydrogen) atoms. The number of nitrogens with zero attached hydrogens (tertiary/aromatic N) is 1. The molecule has 2 aromatic carbocycles. The minimum atomic E-state index is -0.541. The molecule has 3 fully saturated rings. The topological polar surface area (TPSA) is 73.9 Å². The highest BCUT2D eigenvalue weighted by atomic mass is 16.7. The SMILES string of the molecule is CCOc1cc2c(cc1C1C3NC(=O)[N+]1(Cc1ccccc1)C3=O)OCO2. The summed E-state index contributed by atoms with van der Waals surface area (Å²) >= 11 is 0. The minimum Gasteiger partial charge on any atom is -0.493 e. The van der Waals surface area contributed by atoms with E-state index in [1.165, 1.54) is 0 Å². The van der Waals surface area contributed by atoms with Gasteiger partial charge in [-0.1, -0.05) is 30.3 Å². The molecule has 3 atom stereocenters. The van der Waals surface area contributed by atoms with Gasteiger partial charge in [-0.05, 0) is 13.0 Å². The number of fused-ring (bicyclic) bond motifs is 2. The molecule has 3 saturated heterocycles. The van der Waals surface area contributed by atoms with Gasteiger partial charge in [0.05, 0.1) is 12.2 Å². The van der Waals surface area contributed by atoms with Gasteiger partial charge in [-0.15, -0.1) is 0 Å². The number of carbonyl (C=O) groups is 2. The fourth-order valence-corrected chi connectivity index (χ4v) is 4.30. The number of urea groups is 1. The first kappa shape index (κ1) is 16.1. The molecule has 2 bridgehead atoms. The van der Waals surface area contributed by atoms with Gasteiger partial charge in [-0.3, -0.25) is 5.32 Å². The van der Waals surface area contributed by atoms with Crippen LogP contribution >= 0.6 is 0 Å². The van der Waals surface area contributed by atoms with Gasteiger partial charge in [0.1, 0.15) is 12.3 Å². The van der Waals surface area contributed by atoms with Crippen LogP contribution in [0, 0.1) is 0 Å². The zero-order chi connectivity index (χ0) is 18.6. The van der Waals surface area contributed by atoms with Crippen molar-refractivity contribution in [1.29, 1.82) is 0 Å². The van der Waals surface area contributed by atoms with Crippen LogP contribution in [-0.4, -0.2) is 35.9 Å². The predicted molar refractivity (Wildman–Crippen MR) is 94.2 cm³/mol. The lowest BCUT2D eigenvalue weighted by Crippen LogP contribution is -2.66. The number of carbonyl (C=O) groups excluding carboxylic acids is 2. The highest BCUT2D eigenvalue weighted by Crippen LogP contribution is 2.53. The van der Waals surface area contributed by atoms with Crippen LogP contribution in [0.4, 0.5) is 4.79 Å². The van der Waals surface area contributed by atoms with Crippen molar-refractivity contribution in [2.45, 2.75) is 25.6 Å². The number of amides is 3. The van der Waals surface area contributed by atoms with Crippen LogP contribution < -0.4 is 19.5 Å². The van der Waals surface area contributed by atoms with Crippen LogP contribution in [0.2, 0.25) is 0 Å². The van der Waals surface area contributed by atoms with E-state index in [1.54, 1.807) is 6.07 Å². The standard InChI is InChI=1S/C20H18N2O5/c1-2-25-14-9-16-15(26-11-27-16)8-13(14)18-17-19(23)22(18,20(24)21-17)10-12-6-4-3-5-7-12/h3-9,17-18H,2,10-11H2,1H3/p+1. The summed E-state index contributed by atoms with van der Waals surface area (Å²) in [4.78, 5) is 25.6. The largest absolute Gasteiger partial charge is 0.493 e. The van der Waals surface area contributed by atoms with E-state index in [0.29, 0.717) is 30.4 Å². The number of benzene rings is 2. The molecule has 4 heterocycles. The number of nitrogens with one attached hydrogen (secondary N) is 1. The Labute approximate surface area is 156 Å². The molecule has 7 nitrogen and oxygen atoms in total. The second-order valence-electron chi connectivity index (χ2n) is 6.90. The second kappa shape index (κ2) is 5.72. The van der Waals surface area contributed by atoms with Crippen molar-refractivity contribution < 1.29 is 28.3 Å². The molecule has 4 aliphatic rings. The lowest BCUT2D eigenvalue weighted by atomic mass is 9.86. The molecule has 7 heteroatoms. The maximum Gasteiger partial charge on any atom is 0.426 e. The highest BCUT2D eigenvalue weighted by molar-refractivity contribution is 6.00. The Morgan fingerprint density at radius 1 is 1.15 bits per heavy atom. The van der Waals surface area contributed by atoms with Crippen molar-refractivity contribution >= 4 is 11.9 Å². The van der Waals surface area contributed by atoms with Crippen LogP contribution in [0.5, 0.6) is 17.2 Å². The maximum atomic E-state index is 12.8. The van der Waals surface area contributed by atoms with E-state index in [0.717, 1.165) is 11.1 Å². The van der Waals surface area contributed by atoms with Crippen molar-refractivity contribution in [3.05, 3.63) is 53.6 Å². The number of β-lactam (4-membered cyclic amide) rings is 1. The summed E-state index contributed by atoms with van der Waals surface area (Å²) < 4.78 is 16.5. The lowest BCUT2D eigenvalue weighted by molar-refractivity contribution is -0.837. The smallest absolute Gasteiger partial charge is 0.426 e. The fraction of sp³-hybridized carbons (Fsp3) is 0.300. The second-order valence-corrected chi connectivity index (χ2v) is 6.90. The molecule has 138 valence electrons. The number of rotatable bonds is 5. The normalized spacial score (nSPS) is 27.3. The Morgan fingerprint density at radius 2 is 1.89 bits per heavy atom. The van der Waals surface area contributed by atoms with Gasteiger partial charge in [0, 0.05) is 11.6 Å². The molecule has 0 aromatic heterocycles. The summed E-state index contributed by atoms with van der Waals surface area (Å²) in [7, 11) is 0. The Bertz CT molecular complexity index is 935. The van der Waals surface area contributed by atoms with Gasteiger partial charge in [0.15, 0.2) is 17.5 Å². The molecular formula is C20H19N2O5+. The number of quaternary nitrogens is 1. The van der Waals surface area contributed by atoms with E-state index in [1.807, 2.05) is 43.3 Å².